The molecule has 0 rings (SSSR count). The molecule has 0 fully saturated rings. The second-order valence-corrected chi connectivity index (χ2v) is 5.96. The summed E-state index contributed by atoms with van der Waals surface area (Å²) in [6.07, 6.45) is 8.90. The van der Waals surface area contributed by atoms with Gasteiger partial charge in [-0.2, -0.15) is 0 Å². The van der Waals surface area contributed by atoms with Crippen LogP contribution in [-0.2, 0) is 0 Å². The first-order chi connectivity index (χ1) is 7.97. The van der Waals surface area contributed by atoms with Crippen molar-refractivity contribution in [2.45, 2.75) is 73.6 Å². The lowest BCUT2D eigenvalue weighted by Crippen LogP contribution is -2.05. The van der Waals surface area contributed by atoms with E-state index in [-0.39, 0.29) is 0 Å². The summed E-state index contributed by atoms with van der Waals surface area (Å²) in [5.41, 5.74) is 4.78. The molecular formula is C17H32. The van der Waals surface area contributed by atoms with E-state index in [9.17, 15) is 0 Å². The summed E-state index contributed by atoms with van der Waals surface area (Å²) in [7, 11) is 0. The number of hydrogen-bond acceptors (Lipinski definition) is 0. The second kappa shape index (κ2) is 9.54. The average Bonchev–Trinajstić information content (AvgIpc) is 2.30. The molecule has 0 spiro atoms. The summed E-state index contributed by atoms with van der Waals surface area (Å²) in [6, 6.07) is 0. The van der Waals surface area contributed by atoms with Crippen LogP contribution in [0.15, 0.2) is 17.4 Å². The summed E-state index contributed by atoms with van der Waals surface area (Å²) < 4.78 is 0. The third kappa shape index (κ3) is 9.24. The van der Waals surface area contributed by atoms with E-state index in [4.69, 9.17) is 0 Å². The Hall–Kier alpha value is -0.480. The highest BCUT2D eigenvalue weighted by Gasteiger charge is 2.08. The molecule has 0 aliphatic carbocycles. The van der Waals surface area contributed by atoms with Crippen LogP contribution in [-0.4, -0.2) is 0 Å². The van der Waals surface area contributed by atoms with Crippen LogP contribution in [0.3, 0.4) is 0 Å². The largest absolute Gasteiger partial charge is 0.126 e. The van der Waals surface area contributed by atoms with E-state index >= 15 is 0 Å². The Morgan fingerprint density at radius 2 is 1.65 bits per heavy atom. The Bertz CT molecular complexity index is 241. The maximum atomic E-state index is 3.41. The van der Waals surface area contributed by atoms with Gasteiger partial charge in [0, 0.05) is 0 Å². The number of allylic oxidation sites excluding steroid dienone is 1. The zero-order valence-electron chi connectivity index (χ0n) is 12.8. The van der Waals surface area contributed by atoms with Gasteiger partial charge in [-0.25, -0.2) is 0 Å². The summed E-state index contributed by atoms with van der Waals surface area (Å²) >= 11 is 0. The van der Waals surface area contributed by atoms with Crippen molar-refractivity contribution in [2.24, 2.45) is 17.8 Å². The molecule has 100 valence electrons. The van der Waals surface area contributed by atoms with E-state index < -0.39 is 0 Å². The fourth-order valence-electron chi connectivity index (χ4n) is 1.82. The Morgan fingerprint density at radius 3 is 2.18 bits per heavy atom. The molecule has 0 heterocycles. The van der Waals surface area contributed by atoms with Crippen LogP contribution in [0, 0.1) is 17.8 Å². The van der Waals surface area contributed by atoms with Gasteiger partial charge in [-0.3, -0.25) is 0 Å². The molecule has 0 saturated carbocycles. The highest BCUT2D eigenvalue weighted by Crippen LogP contribution is 2.20. The summed E-state index contributed by atoms with van der Waals surface area (Å²) in [5.74, 6) is 2.31. The highest BCUT2D eigenvalue weighted by atomic mass is 14.1. The zero-order chi connectivity index (χ0) is 13.3. The molecule has 2 unspecified atom stereocenters. The number of unbranched alkanes of at least 4 members (excludes halogenated alkanes) is 1. The third-order valence-corrected chi connectivity index (χ3v) is 3.71. The Kier molecular flexibility index (Phi) is 9.27. The lowest BCUT2D eigenvalue weighted by molar-refractivity contribution is 0.398. The van der Waals surface area contributed by atoms with Crippen molar-refractivity contribution >= 4 is 0 Å². The molecule has 0 nitrogen and oxygen atoms in total. The molecule has 0 aliphatic rings. The summed E-state index contributed by atoms with van der Waals surface area (Å²) in [5, 5.41) is 0. The molecular weight excluding hydrogens is 204 g/mol. The maximum Gasteiger partial charge on any atom is -0.0160 e. The molecule has 0 heteroatoms. The topological polar surface area (TPSA) is 0 Å². The van der Waals surface area contributed by atoms with Crippen molar-refractivity contribution in [1.29, 1.82) is 0 Å². The van der Waals surface area contributed by atoms with Crippen LogP contribution >= 0.6 is 0 Å². The molecule has 0 amide bonds. The minimum absolute atomic E-state index is 0.663. The molecule has 0 aromatic rings. The first kappa shape index (κ1) is 16.5. The lowest BCUT2D eigenvalue weighted by Gasteiger charge is -2.16. The summed E-state index contributed by atoms with van der Waals surface area (Å²) in [4.78, 5) is 0. The van der Waals surface area contributed by atoms with Crippen molar-refractivity contribution in [3.8, 4) is 0 Å². The molecule has 0 aromatic heterocycles. The van der Waals surface area contributed by atoms with Crippen molar-refractivity contribution in [3.63, 3.8) is 0 Å². The van der Waals surface area contributed by atoms with Gasteiger partial charge in [0.25, 0.3) is 0 Å². The predicted octanol–water partition coefficient (Wildman–Crippen LogP) is 5.99. The first-order valence-electron chi connectivity index (χ1n) is 7.39. The van der Waals surface area contributed by atoms with Crippen LogP contribution in [0.1, 0.15) is 73.6 Å². The lowest BCUT2D eigenvalue weighted by atomic mass is 9.90. The van der Waals surface area contributed by atoms with Gasteiger partial charge in [0.1, 0.15) is 0 Å². The van der Waals surface area contributed by atoms with Gasteiger partial charge >= 0.3 is 0 Å². The van der Waals surface area contributed by atoms with Crippen molar-refractivity contribution in [2.75, 3.05) is 0 Å². The van der Waals surface area contributed by atoms with Crippen molar-refractivity contribution in [1.82, 2.24) is 0 Å². The molecule has 0 radical (unpaired) electrons. The first-order valence-corrected chi connectivity index (χ1v) is 7.39. The fourth-order valence-corrected chi connectivity index (χ4v) is 1.82. The highest BCUT2D eigenvalue weighted by molar-refractivity contribution is 4.99. The zero-order valence-corrected chi connectivity index (χ0v) is 12.8. The quantitative estimate of drug-likeness (QED) is 0.359. The standard InChI is InChI=1S/C17H32/c1-7-15(4)12-13-17(6)16(5)11-9-8-10-14(2)3/h13-14,16-17H,7-11H2,1-6H3. The van der Waals surface area contributed by atoms with E-state index in [1.165, 1.54) is 31.3 Å². The third-order valence-electron chi connectivity index (χ3n) is 3.71. The second-order valence-electron chi connectivity index (χ2n) is 5.96. The van der Waals surface area contributed by atoms with Crippen LogP contribution in [0.25, 0.3) is 0 Å². The van der Waals surface area contributed by atoms with Crippen LogP contribution < -0.4 is 0 Å². The molecule has 0 saturated heterocycles. The van der Waals surface area contributed by atoms with Gasteiger partial charge in [-0.1, -0.05) is 60.3 Å². The number of hydrogen-bond donors (Lipinski definition) is 0. The molecule has 0 aliphatic heterocycles. The van der Waals surface area contributed by atoms with Gasteiger partial charge in [-0.05, 0) is 42.7 Å². The Morgan fingerprint density at radius 1 is 1.06 bits per heavy atom. The Balaban J connectivity index is 3.90. The molecule has 0 bridgehead atoms. The van der Waals surface area contributed by atoms with Gasteiger partial charge in [0.05, 0.1) is 0 Å². The van der Waals surface area contributed by atoms with E-state index in [0.717, 1.165) is 18.3 Å². The van der Waals surface area contributed by atoms with E-state index in [0.29, 0.717) is 5.92 Å². The van der Waals surface area contributed by atoms with Gasteiger partial charge in [0.2, 0.25) is 0 Å². The molecule has 0 aromatic carbocycles. The Labute approximate surface area is 109 Å². The molecule has 2 atom stereocenters. The van der Waals surface area contributed by atoms with Crippen LogP contribution in [0.2, 0.25) is 0 Å². The van der Waals surface area contributed by atoms with Crippen molar-refractivity contribution in [3.05, 3.63) is 17.4 Å². The fraction of sp³-hybridized carbons (Fsp3) is 0.824. The van der Waals surface area contributed by atoms with E-state index in [1.54, 1.807) is 0 Å². The SMILES string of the molecule is CCC(C)=C=CC(C)C(C)CCCCC(C)C. The monoisotopic (exact) mass is 236 g/mol. The smallest absolute Gasteiger partial charge is 0.0160 e. The molecule has 0 N–H and O–H groups in total. The average molecular weight is 236 g/mol. The number of rotatable bonds is 8. The van der Waals surface area contributed by atoms with Gasteiger partial charge in [0.15, 0.2) is 0 Å². The minimum atomic E-state index is 0.663. The van der Waals surface area contributed by atoms with Gasteiger partial charge in [-0.15, -0.1) is 5.73 Å². The normalized spacial score (nSPS) is 14.3. The van der Waals surface area contributed by atoms with Crippen LogP contribution in [0.4, 0.5) is 0 Å². The van der Waals surface area contributed by atoms with Crippen molar-refractivity contribution < 1.29 is 0 Å². The van der Waals surface area contributed by atoms with E-state index in [2.05, 4.69) is 53.3 Å². The minimum Gasteiger partial charge on any atom is -0.126 e. The summed E-state index contributed by atoms with van der Waals surface area (Å²) in [6.45, 7) is 13.7. The predicted molar refractivity (Wildman–Crippen MR) is 79.2 cm³/mol. The molecule has 17 heavy (non-hydrogen) atoms. The van der Waals surface area contributed by atoms with Crippen LogP contribution in [0.5, 0.6) is 0 Å². The van der Waals surface area contributed by atoms with Gasteiger partial charge < -0.3 is 0 Å². The maximum absolute atomic E-state index is 3.41. The van der Waals surface area contributed by atoms with E-state index in [1.807, 2.05) is 0 Å².